The number of para-hydroxylation sites is 1. The van der Waals surface area contributed by atoms with Crippen molar-refractivity contribution in [3.63, 3.8) is 0 Å². The largest absolute Gasteiger partial charge is 0.456 e. The first kappa shape index (κ1) is 16.4. The summed E-state index contributed by atoms with van der Waals surface area (Å²) in [6.45, 7) is 3.33. The molecule has 3 aromatic rings. The van der Waals surface area contributed by atoms with Crippen molar-refractivity contribution in [2.45, 2.75) is 24.5 Å². The van der Waals surface area contributed by atoms with Crippen LogP contribution in [-0.2, 0) is 5.60 Å². The van der Waals surface area contributed by atoms with Gasteiger partial charge in [-0.1, -0.05) is 18.2 Å². The third-order valence-corrected chi connectivity index (χ3v) is 4.11. The normalized spacial score (nSPS) is 11.5. The zero-order valence-electron chi connectivity index (χ0n) is 13.2. The fourth-order valence-electron chi connectivity index (χ4n) is 2.14. The molecule has 3 rings (SSSR count). The number of rotatable bonds is 4. The number of amides is 2. The molecule has 2 aromatic heterocycles. The highest BCUT2D eigenvalue weighted by molar-refractivity contribution is 7.97. The quantitative estimate of drug-likeness (QED) is 0.626. The van der Waals surface area contributed by atoms with Crippen LogP contribution in [0.1, 0.15) is 19.4 Å². The molecular weight excluding hydrogens is 326 g/mol. The number of urea groups is 1. The number of hydrogen-bond acceptors (Lipinski definition) is 5. The summed E-state index contributed by atoms with van der Waals surface area (Å²) in [6.07, 6.45) is 3.15. The number of carbonyl (C=O) groups is 1. The van der Waals surface area contributed by atoms with Crippen LogP contribution >= 0.6 is 11.9 Å². The Morgan fingerprint density at radius 2 is 2.08 bits per heavy atom. The predicted molar refractivity (Wildman–Crippen MR) is 93.7 cm³/mol. The van der Waals surface area contributed by atoms with Crippen molar-refractivity contribution in [2.75, 3.05) is 5.32 Å². The molecule has 0 aliphatic heterocycles. The van der Waals surface area contributed by atoms with Crippen molar-refractivity contribution in [1.29, 1.82) is 0 Å². The molecule has 0 bridgehead atoms. The summed E-state index contributed by atoms with van der Waals surface area (Å²) in [5.41, 5.74) is 1.01. The smallest absolute Gasteiger partial charge is 0.329 e. The van der Waals surface area contributed by atoms with Gasteiger partial charge in [-0.25, -0.2) is 4.79 Å². The zero-order chi connectivity index (χ0) is 17.2. The van der Waals surface area contributed by atoms with Gasteiger partial charge in [0.25, 0.3) is 0 Å². The first-order valence-electron chi connectivity index (χ1n) is 7.32. The summed E-state index contributed by atoms with van der Waals surface area (Å²) in [7, 11) is 0. The minimum Gasteiger partial charge on any atom is -0.456 e. The number of anilines is 1. The van der Waals surface area contributed by atoms with Crippen molar-refractivity contribution in [3.05, 3.63) is 54.4 Å². The minimum atomic E-state index is -0.987. The number of aliphatic hydroxyl groups is 1. The van der Waals surface area contributed by atoms with E-state index in [2.05, 4.69) is 15.0 Å². The molecule has 6 nitrogen and oxygen atoms in total. The lowest BCUT2D eigenvalue weighted by atomic mass is 10.0. The van der Waals surface area contributed by atoms with Crippen LogP contribution in [0.5, 0.6) is 0 Å². The number of carbonyl (C=O) groups excluding carboxylic acids is 1. The van der Waals surface area contributed by atoms with E-state index >= 15 is 0 Å². The number of hydrogen-bond donors (Lipinski definition) is 3. The molecule has 0 saturated carbocycles. The van der Waals surface area contributed by atoms with Crippen LogP contribution in [-0.4, -0.2) is 16.1 Å². The standard InChI is InChI=1S/C17H17N3O3S/c1-17(2,22)12-9-14(23-10-12)24-20-16(21)19-13-7-3-5-11-6-4-8-18-15(11)13/h3-10,22H,1-2H3,(H2,19,20,21). The molecule has 1 aromatic carbocycles. The summed E-state index contributed by atoms with van der Waals surface area (Å²) in [5.74, 6) is 0. The highest BCUT2D eigenvalue weighted by Gasteiger charge is 2.19. The van der Waals surface area contributed by atoms with Gasteiger partial charge < -0.3 is 14.8 Å². The van der Waals surface area contributed by atoms with Gasteiger partial charge in [-0.3, -0.25) is 9.71 Å². The van der Waals surface area contributed by atoms with Gasteiger partial charge in [-0.05, 0) is 32.0 Å². The molecule has 0 saturated heterocycles. The SMILES string of the molecule is CC(C)(O)c1coc(SNC(=O)Nc2cccc3cccnc23)c1. The molecule has 7 heteroatoms. The van der Waals surface area contributed by atoms with Gasteiger partial charge in [0.15, 0.2) is 5.09 Å². The Balaban J connectivity index is 1.64. The topological polar surface area (TPSA) is 87.4 Å². The second-order valence-corrected chi connectivity index (χ2v) is 6.56. The van der Waals surface area contributed by atoms with Gasteiger partial charge in [-0.15, -0.1) is 0 Å². The Labute approximate surface area is 143 Å². The van der Waals surface area contributed by atoms with Crippen molar-refractivity contribution >= 4 is 34.6 Å². The lowest BCUT2D eigenvalue weighted by Gasteiger charge is -2.13. The van der Waals surface area contributed by atoms with Crippen LogP contribution in [0, 0.1) is 0 Å². The van der Waals surface area contributed by atoms with E-state index in [0.717, 1.165) is 22.9 Å². The number of furan rings is 1. The van der Waals surface area contributed by atoms with Gasteiger partial charge in [0.05, 0.1) is 23.1 Å². The van der Waals surface area contributed by atoms with Gasteiger partial charge >= 0.3 is 6.03 Å². The van der Waals surface area contributed by atoms with E-state index in [9.17, 15) is 9.90 Å². The third kappa shape index (κ3) is 3.69. The number of benzene rings is 1. The lowest BCUT2D eigenvalue weighted by Crippen LogP contribution is -2.22. The van der Waals surface area contributed by atoms with Crippen LogP contribution in [0.4, 0.5) is 10.5 Å². The highest BCUT2D eigenvalue weighted by atomic mass is 32.2. The van der Waals surface area contributed by atoms with E-state index in [-0.39, 0.29) is 6.03 Å². The maximum Gasteiger partial charge on any atom is 0.329 e. The summed E-state index contributed by atoms with van der Waals surface area (Å²) < 4.78 is 7.95. The summed E-state index contributed by atoms with van der Waals surface area (Å²) in [6, 6.07) is 10.7. The van der Waals surface area contributed by atoms with Gasteiger partial charge in [0.1, 0.15) is 0 Å². The average molecular weight is 343 g/mol. The van der Waals surface area contributed by atoms with Gasteiger partial charge in [0.2, 0.25) is 0 Å². The van der Waals surface area contributed by atoms with Crippen molar-refractivity contribution in [3.8, 4) is 0 Å². The second kappa shape index (κ2) is 6.54. The molecule has 24 heavy (non-hydrogen) atoms. The van der Waals surface area contributed by atoms with E-state index in [4.69, 9.17) is 4.42 Å². The van der Waals surface area contributed by atoms with Crippen LogP contribution in [0.15, 0.2) is 58.4 Å². The number of nitrogens with one attached hydrogen (secondary N) is 2. The van der Waals surface area contributed by atoms with Crippen LogP contribution < -0.4 is 10.0 Å². The first-order chi connectivity index (χ1) is 11.4. The fraction of sp³-hybridized carbons (Fsp3) is 0.176. The van der Waals surface area contributed by atoms with E-state index in [1.807, 2.05) is 24.3 Å². The third-order valence-electron chi connectivity index (χ3n) is 3.41. The molecule has 2 heterocycles. The van der Waals surface area contributed by atoms with Gasteiger partial charge in [0, 0.05) is 29.1 Å². The van der Waals surface area contributed by atoms with Crippen LogP contribution in [0.2, 0.25) is 0 Å². The van der Waals surface area contributed by atoms with Crippen molar-refractivity contribution in [2.24, 2.45) is 0 Å². The first-order valence-corrected chi connectivity index (χ1v) is 8.14. The fourth-order valence-corrected chi connectivity index (χ4v) is 2.67. The van der Waals surface area contributed by atoms with Crippen LogP contribution in [0.3, 0.4) is 0 Å². The average Bonchev–Trinajstić information content (AvgIpc) is 3.03. The van der Waals surface area contributed by atoms with Crippen LogP contribution in [0.25, 0.3) is 10.9 Å². The molecule has 0 atom stereocenters. The van der Waals surface area contributed by atoms with Crippen molar-refractivity contribution < 1.29 is 14.3 Å². The molecule has 0 fully saturated rings. The molecule has 0 radical (unpaired) electrons. The summed E-state index contributed by atoms with van der Waals surface area (Å²) in [5, 5.41) is 14.1. The van der Waals surface area contributed by atoms with E-state index in [1.54, 1.807) is 32.2 Å². The maximum atomic E-state index is 12.1. The predicted octanol–water partition coefficient (Wildman–Crippen LogP) is 3.88. The lowest BCUT2D eigenvalue weighted by molar-refractivity contribution is 0.0779. The Morgan fingerprint density at radius 1 is 1.29 bits per heavy atom. The molecule has 0 aliphatic rings. The maximum absolute atomic E-state index is 12.1. The number of nitrogens with zero attached hydrogens (tertiary/aromatic N) is 1. The molecule has 3 N–H and O–H groups in total. The Bertz CT molecular complexity index is 865. The Kier molecular flexibility index (Phi) is 4.46. The molecule has 124 valence electrons. The number of aromatic nitrogens is 1. The second-order valence-electron chi connectivity index (χ2n) is 5.75. The Morgan fingerprint density at radius 3 is 2.83 bits per heavy atom. The molecule has 0 spiro atoms. The minimum absolute atomic E-state index is 0.389. The Hall–Kier alpha value is -2.51. The summed E-state index contributed by atoms with van der Waals surface area (Å²) >= 11 is 1.03. The summed E-state index contributed by atoms with van der Waals surface area (Å²) in [4.78, 5) is 16.4. The van der Waals surface area contributed by atoms with E-state index in [1.165, 1.54) is 6.26 Å². The molecule has 2 amide bonds. The van der Waals surface area contributed by atoms with Crippen molar-refractivity contribution in [1.82, 2.24) is 9.71 Å². The molecular formula is C17H17N3O3S. The van der Waals surface area contributed by atoms with Gasteiger partial charge in [-0.2, -0.15) is 0 Å². The van der Waals surface area contributed by atoms with E-state index < -0.39 is 5.60 Å². The molecule has 0 aliphatic carbocycles. The monoisotopic (exact) mass is 343 g/mol. The highest BCUT2D eigenvalue weighted by Crippen LogP contribution is 2.26. The zero-order valence-corrected chi connectivity index (χ0v) is 14.1. The van der Waals surface area contributed by atoms with E-state index in [0.29, 0.717) is 16.3 Å². The number of fused-ring (bicyclic) bond motifs is 1. The molecule has 0 unspecified atom stereocenters. The number of pyridine rings is 1.